The number of pyridine rings is 1. The normalized spacial score (nSPS) is 11.0. The Kier molecular flexibility index (Phi) is 4.04. The standard InChI is InChI=1S/C16H18N4/c1-3-15-11-14(4-5-16(15)19-7-1)12-17-6-2-9-20-10-8-18-13-20/h1,3-5,7-8,10-11,13,17H,2,6,9,12H2. The molecule has 0 saturated carbocycles. The zero-order valence-electron chi connectivity index (χ0n) is 11.4. The summed E-state index contributed by atoms with van der Waals surface area (Å²) < 4.78 is 2.10. The van der Waals surface area contributed by atoms with E-state index in [1.807, 2.05) is 31.0 Å². The zero-order chi connectivity index (χ0) is 13.6. The molecule has 0 atom stereocenters. The maximum Gasteiger partial charge on any atom is 0.0945 e. The van der Waals surface area contributed by atoms with Crippen molar-refractivity contribution in [2.75, 3.05) is 6.54 Å². The van der Waals surface area contributed by atoms with Gasteiger partial charge in [-0.3, -0.25) is 4.98 Å². The van der Waals surface area contributed by atoms with Crippen LogP contribution in [0.15, 0.2) is 55.2 Å². The maximum absolute atomic E-state index is 4.33. The molecule has 0 spiro atoms. The topological polar surface area (TPSA) is 42.7 Å². The Morgan fingerprint density at radius 1 is 1.15 bits per heavy atom. The highest BCUT2D eigenvalue weighted by molar-refractivity contribution is 5.78. The molecule has 0 radical (unpaired) electrons. The molecule has 0 bridgehead atoms. The molecule has 0 saturated heterocycles. The summed E-state index contributed by atoms with van der Waals surface area (Å²) in [7, 11) is 0. The van der Waals surface area contributed by atoms with Gasteiger partial charge >= 0.3 is 0 Å². The third kappa shape index (κ3) is 3.22. The monoisotopic (exact) mass is 266 g/mol. The zero-order valence-corrected chi connectivity index (χ0v) is 11.4. The Morgan fingerprint density at radius 3 is 3.05 bits per heavy atom. The molecule has 0 fully saturated rings. The summed E-state index contributed by atoms with van der Waals surface area (Å²) in [5, 5.41) is 4.67. The van der Waals surface area contributed by atoms with Gasteiger partial charge in [-0.15, -0.1) is 0 Å². The molecule has 3 aromatic rings. The summed E-state index contributed by atoms with van der Waals surface area (Å²) in [6.45, 7) is 2.91. The summed E-state index contributed by atoms with van der Waals surface area (Å²) in [5.74, 6) is 0. The number of aromatic nitrogens is 3. The van der Waals surface area contributed by atoms with Crippen molar-refractivity contribution in [2.45, 2.75) is 19.5 Å². The molecule has 2 aromatic heterocycles. The molecule has 0 amide bonds. The van der Waals surface area contributed by atoms with Crippen LogP contribution in [0.4, 0.5) is 0 Å². The van der Waals surface area contributed by atoms with Crippen LogP contribution in [0.5, 0.6) is 0 Å². The lowest BCUT2D eigenvalue weighted by molar-refractivity contribution is 0.581. The van der Waals surface area contributed by atoms with Gasteiger partial charge in [-0.05, 0) is 36.7 Å². The molecule has 2 heterocycles. The highest BCUT2D eigenvalue weighted by Gasteiger charge is 1.97. The highest BCUT2D eigenvalue weighted by Crippen LogP contribution is 2.12. The minimum atomic E-state index is 0.898. The van der Waals surface area contributed by atoms with E-state index in [-0.39, 0.29) is 0 Å². The first-order valence-corrected chi connectivity index (χ1v) is 6.92. The minimum Gasteiger partial charge on any atom is -0.337 e. The van der Waals surface area contributed by atoms with Gasteiger partial charge in [-0.2, -0.15) is 0 Å². The van der Waals surface area contributed by atoms with Crippen LogP contribution < -0.4 is 5.32 Å². The van der Waals surface area contributed by atoms with Crippen molar-refractivity contribution in [3.05, 3.63) is 60.8 Å². The Hall–Kier alpha value is -2.20. The fraction of sp³-hybridized carbons (Fsp3) is 0.250. The van der Waals surface area contributed by atoms with Crippen molar-refractivity contribution in [3.63, 3.8) is 0 Å². The van der Waals surface area contributed by atoms with E-state index in [0.717, 1.165) is 31.6 Å². The van der Waals surface area contributed by atoms with Crippen LogP contribution in [0, 0.1) is 0 Å². The SMILES string of the molecule is c1cnc2ccc(CNCCCn3ccnc3)cc2c1. The average Bonchev–Trinajstić information content (AvgIpc) is 3.00. The molecule has 0 aliphatic heterocycles. The van der Waals surface area contributed by atoms with Gasteiger partial charge in [0.1, 0.15) is 0 Å². The number of rotatable bonds is 6. The number of aryl methyl sites for hydroxylation is 1. The van der Waals surface area contributed by atoms with Gasteiger partial charge in [0.25, 0.3) is 0 Å². The lowest BCUT2D eigenvalue weighted by Gasteiger charge is -2.06. The Labute approximate surface area is 118 Å². The second kappa shape index (κ2) is 6.30. The van der Waals surface area contributed by atoms with Gasteiger partial charge in [0.15, 0.2) is 0 Å². The molecule has 4 nitrogen and oxygen atoms in total. The second-order valence-corrected chi connectivity index (χ2v) is 4.86. The molecule has 102 valence electrons. The van der Waals surface area contributed by atoms with Crippen molar-refractivity contribution in [1.82, 2.24) is 19.9 Å². The first-order valence-electron chi connectivity index (χ1n) is 6.92. The van der Waals surface area contributed by atoms with E-state index < -0.39 is 0 Å². The van der Waals surface area contributed by atoms with Crippen molar-refractivity contribution in [3.8, 4) is 0 Å². The van der Waals surface area contributed by atoms with Crippen LogP contribution in [0.2, 0.25) is 0 Å². The number of nitrogens with zero attached hydrogens (tertiary/aromatic N) is 3. The largest absolute Gasteiger partial charge is 0.337 e. The maximum atomic E-state index is 4.33. The number of fused-ring (bicyclic) bond motifs is 1. The average molecular weight is 266 g/mol. The van der Waals surface area contributed by atoms with Crippen molar-refractivity contribution < 1.29 is 0 Å². The molecule has 4 heteroatoms. The lowest BCUT2D eigenvalue weighted by Crippen LogP contribution is -2.16. The molecule has 1 aromatic carbocycles. The number of benzene rings is 1. The van der Waals surface area contributed by atoms with Gasteiger partial charge in [0, 0.05) is 37.1 Å². The molecule has 20 heavy (non-hydrogen) atoms. The van der Waals surface area contributed by atoms with E-state index in [9.17, 15) is 0 Å². The molecule has 0 aliphatic rings. The number of hydrogen-bond acceptors (Lipinski definition) is 3. The molecule has 0 aliphatic carbocycles. The second-order valence-electron chi connectivity index (χ2n) is 4.86. The van der Waals surface area contributed by atoms with Crippen LogP contribution in [0.1, 0.15) is 12.0 Å². The van der Waals surface area contributed by atoms with Crippen molar-refractivity contribution >= 4 is 10.9 Å². The van der Waals surface area contributed by atoms with Crippen LogP contribution in [0.3, 0.4) is 0 Å². The summed E-state index contributed by atoms with van der Waals surface area (Å²) in [6, 6.07) is 10.5. The van der Waals surface area contributed by atoms with Gasteiger partial charge in [-0.1, -0.05) is 12.1 Å². The van der Waals surface area contributed by atoms with Crippen LogP contribution >= 0.6 is 0 Å². The molecular formula is C16H18N4. The molecule has 3 rings (SSSR count). The van der Waals surface area contributed by atoms with Gasteiger partial charge in [-0.25, -0.2) is 4.98 Å². The first kappa shape index (κ1) is 12.8. The smallest absolute Gasteiger partial charge is 0.0945 e. The fourth-order valence-electron chi connectivity index (χ4n) is 2.27. The summed E-state index contributed by atoms with van der Waals surface area (Å²) in [4.78, 5) is 8.37. The fourth-order valence-corrected chi connectivity index (χ4v) is 2.27. The van der Waals surface area contributed by atoms with E-state index in [1.165, 1.54) is 10.9 Å². The molecular weight excluding hydrogens is 248 g/mol. The van der Waals surface area contributed by atoms with Gasteiger partial charge < -0.3 is 9.88 Å². The van der Waals surface area contributed by atoms with Crippen LogP contribution in [0.25, 0.3) is 10.9 Å². The predicted octanol–water partition coefficient (Wildman–Crippen LogP) is 2.61. The predicted molar refractivity (Wildman–Crippen MR) is 80.3 cm³/mol. The Bertz CT molecular complexity index is 661. The minimum absolute atomic E-state index is 0.898. The van der Waals surface area contributed by atoms with Gasteiger partial charge in [0.2, 0.25) is 0 Å². The molecule has 0 unspecified atom stereocenters. The lowest BCUT2D eigenvalue weighted by atomic mass is 10.1. The van der Waals surface area contributed by atoms with E-state index >= 15 is 0 Å². The Balaban J connectivity index is 1.47. The van der Waals surface area contributed by atoms with Crippen LogP contribution in [-0.2, 0) is 13.1 Å². The number of imidazole rings is 1. The third-order valence-electron chi connectivity index (χ3n) is 3.33. The quantitative estimate of drug-likeness (QED) is 0.697. The highest BCUT2D eigenvalue weighted by atomic mass is 15.0. The van der Waals surface area contributed by atoms with E-state index in [0.29, 0.717) is 0 Å². The number of hydrogen-bond donors (Lipinski definition) is 1. The van der Waals surface area contributed by atoms with E-state index in [1.54, 1.807) is 0 Å². The van der Waals surface area contributed by atoms with Crippen LogP contribution in [-0.4, -0.2) is 21.1 Å². The third-order valence-corrected chi connectivity index (χ3v) is 3.33. The van der Waals surface area contributed by atoms with E-state index in [4.69, 9.17) is 0 Å². The number of nitrogens with one attached hydrogen (secondary N) is 1. The summed E-state index contributed by atoms with van der Waals surface area (Å²) >= 11 is 0. The van der Waals surface area contributed by atoms with Crippen molar-refractivity contribution in [1.29, 1.82) is 0 Å². The Morgan fingerprint density at radius 2 is 2.15 bits per heavy atom. The van der Waals surface area contributed by atoms with Crippen molar-refractivity contribution in [2.24, 2.45) is 0 Å². The molecule has 1 N–H and O–H groups in total. The van der Waals surface area contributed by atoms with E-state index in [2.05, 4.69) is 44.1 Å². The summed E-state index contributed by atoms with van der Waals surface area (Å²) in [6.07, 6.45) is 8.60. The summed E-state index contributed by atoms with van der Waals surface area (Å²) in [5.41, 5.74) is 2.35. The van der Waals surface area contributed by atoms with Gasteiger partial charge in [0.05, 0.1) is 11.8 Å². The first-order chi connectivity index (χ1) is 9.92.